The first kappa shape index (κ1) is 13.3. The molecule has 4 heteroatoms. The van der Waals surface area contributed by atoms with Crippen LogP contribution in [0.5, 0.6) is 0 Å². The number of benzene rings is 1. The molecule has 18 heavy (non-hydrogen) atoms. The van der Waals surface area contributed by atoms with Crippen LogP contribution in [0.2, 0.25) is 0 Å². The number of carbonyl (C=O) groups excluding carboxylic acids is 1. The predicted molar refractivity (Wildman–Crippen MR) is 80.5 cm³/mol. The van der Waals surface area contributed by atoms with Crippen LogP contribution in [-0.2, 0) is 0 Å². The van der Waals surface area contributed by atoms with Crippen LogP contribution in [-0.4, -0.2) is 12.5 Å². The van der Waals surface area contributed by atoms with E-state index in [0.717, 1.165) is 20.6 Å². The smallest absolute Gasteiger partial charge is 0.259 e. The normalized spacial score (nSPS) is 10.4. The molecule has 94 valence electrons. The highest BCUT2D eigenvalue weighted by Gasteiger charge is 2.18. The lowest BCUT2D eigenvalue weighted by molar-refractivity contribution is 0.0988. The molecule has 1 aromatic carbocycles. The van der Waals surface area contributed by atoms with Gasteiger partial charge in [0.05, 0.1) is 9.35 Å². The van der Waals surface area contributed by atoms with Gasteiger partial charge in [0.2, 0.25) is 0 Å². The molecule has 0 spiro atoms. The van der Waals surface area contributed by atoms with Gasteiger partial charge in [0.25, 0.3) is 5.91 Å². The van der Waals surface area contributed by atoms with E-state index < -0.39 is 0 Å². The largest absolute Gasteiger partial charge is 0.308 e. The molecule has 2 aromatic rings. The molecule has 0 saturated heterocycles. The van der Waals surface area contributed by atoms with Gasteiger partial charge in [-0.05, 0) is 47.5 Å². The molecule has 1 amide bonds. The molecule has 0 N–H and O–H groups in total. The summed E-state index contributed by atoms with van der Waals surface area (Å²) in [6, 6.07) is 9.82. The van der Waals surface area contributed by atoms with Gasteiger partial charge in [0.15, 0.2) is 0 Å². The van der Waals surface area contributed by atoms with Crippen LogP contribution in [0.1, 0.15) is 22.8 Å². The Bertz CT molecular complexity index is 564. The zero-order valence-corrected chi connectivity index (χ0v) is 12.7. The van der Waals surface area contributed by atoms with Gasteiger partial charge in [-0.25, -0.2) is 0 Å². The molecule has 0 aliphatic heterocycles. The van der Waals surface area contributed by atoms with Crippen LogP contribution in [0.25, 0.3) is 0 Å². The maximum atomic E-state index is 12.5. The van der Waals surface area contributed by atoms with Crippen molar-refractivity contribution in [1.29, 1.82) is 0 Å². The average Bonchev–Trinajstić information content (AvgIpc) is 2.79. The second-order valence-corrected chi connectivity index (χ2v) is 6.27. The minimum absolute atomic E-state index is 0.0498. The number of hydrogen-bond donors (Lipinski definition) is 0. The number of aryl methyl sites for hydroxylation is 1. The van der Waals surface area contributed by atoms with Crippen molar-refractivity contribution in [2.24, 2.45) is 0 Å². The summed E-state index contributed by atoms with van der Waals surface area (Å²) in [6.45, 7) is 4.68. The third-order valence-corrected chi connectivity index (χ3v) is 4.29. The molecule has 2 nitrogen and oxygen atoms in total. The van der Waals surface area contributed by atoms with Crippen molar-refractivity contribution >= 4 is 38.9 Å². The summed E-state index contributed by atoms with van der Waals surface area (Å²) in [5, 5.41) is 1.88. The quantitative estimate of drug-likeness (QED) is 0.815. The van der Waals surface area contributed by atoms with Crippen LogP contribution in [0, 0.1) is 6.92 Å². The summed E-state index contributed by atoms with van der Waals surface area (Å²) in [6.07, 6.45) is 0. The average molecular weight is 324 g/mol. The fourth-order valence-corrected chi connectivity index (χ4v) is 3.00. The van der Waals surface area contributed by atoms with E-state index in [1.54, 1.807) is 0 Å². The second-order valence-electron chi connectivity index (χ2n) is 3.98. The first-order chi connectivity index (χ1) is 8.63. The first-order valence-electron chi connectivity index (χ1n) is 5.75. The van der Waals surface area contributed by atoms with Crippen molar-refractivity contribution in [3.63, 3.8) is 0 Å². The maximum absolute atomic E-state index is 12.5. The number of thiophene rings is 1. The standard InChI is InChI=1S/C14H14BrNOS/c1-3-16(12-7-5-4-6-10(12)2)14(17)11-8-13(15)18-9-11/h4-9H,3H2,1-2H3. The van der Waals surface area contributed by atoms with E-state index in [1.807, 2.05) is 54.5 Å². The van der Waals surface area contributed by atoms with E-state index in [1.165, 1.54) is 11.3 Å². The topological polar surface area (TPSA) is 20.3 Å². The Kier molecular flexibility index (Phi) is 4.19. The number of anilines is 1. The van der Waals surface area contributed by atoms with Gasteiger partial charge in [0, 0.05) is 17.6 Å². The van der Waals surface area contributed by atoms with Crippen LogP contribution in [0.15, 0.2) is 39.5 Å². The highest BCUT2D eigenvalue weighted by molar-refractivity contribution is 9.11. The highest BCUT2D eigenvalue weighted by Crippen LogP contribution is 2.25. The molecule has 1 heterocycles. The van der Waals surface area contributed by atoms with Crippen molar-refractivity contribution in [2.75, 3.05) is 11.4 Å². The summed E-state index contributed by atoms with van der Waals surface area (Å²) in [5.41, 5.74) is 2.83. The Morgan fingerprint density at radius 2 is 2.11 bits per heavy atom. The molecule has 1 aromatic heterocycles. The minimum Gasteiger partial charge on any atom is -0.308 e. The van der Waals surface area contributed by atoms with Crippen LogP contribution < -0.4 is 4.90 Å². The predicted octanol–water partition coefficient (Wildman–Crippen LogP) is 4.49. The SMILES string of the molecule is CCN(C(=O)c1csc(Br)c1)c1ccccc1C. The van der Waals surface area contributed by atoms with E-state index in [2.05, 4.69) is 15.9 Å². The van der Waals surface area contributed by atoms with Gasteiger partial charge in [-0.1, -0.05) is 18.2 Å². The monoisotopic (exact) mass is 323 g/mol. The Morgan fingerprint density at radius 1 is 1.39 bits per heavy atom. The van der Waals surface area contributed by atoms with E-state index in [4.69, 9.17) is 0 Å². The van der Waals surface area contributed by atoms with Gasteiger partial charge in [0.1, 0.15) is 0 Å². The molecule has 0 radical (unpaired) electrons. The Balaban J connectivity index is 2.35. The zero-order chi connectivity index (χ0) is 13.1. The van der Waals surface area contributed by atoms with E-state index in [9.17, 15) is 4.79 Å². The fraction of sp³-hybridized carbons (Fsp3) is 0.214. The number of amides is 1. The number of halogens is 1. The van der Waals surface area contributed by atoms with Crippen molar-refractivity contribution in [1.82, 2.24) is 0 Å². The zero-order valence-electron chi connectivity index (χ0n) is 10.3. The van der Waals surface area contributed by atoms with Crippen molar-refractivity contribution < 1.29 is 4.79 Å². The molecular formula is C14H14BrNOS. The number of para-hydroxylation sites is 1. The van der Waals surface area contributed by atoms with Crippen molar-refractivity contribution in [3.05, 3.63) is 50.6 Å². The second kappa shape index (κ2) is 5.67. The summed E-state index contributed by atoms with van der Waals surface area (Å²) < 4.78 is 0.978. The van der Waals surface area contributed by atoms with Crippen molar-refractivity contribution in [3.8, 4) is 0 Å². The highest BCUT2D eigenvalue weighted by atomic mass is 79.9. The molecule has 0 aliphatic carbocycles. The number of rotatable bonds is 3. The number of carbonyl (C=O) groups is 1. The van der Waals surface area contributed by atoms with Crippen LogP contribution >= 0.6 is 27.3 Å². The Hall–Kier alpha value is -1.13. The Labute approximate surface area is 119 Å². The van der Waals surface area contributed by atoms with Gasteiger partial charge in [-0.2, -0.15) is 0 Å². The summed E-state index contributed by atoms with van der Waals surface area (Å²) in [7, 11) is 0. The van der Waals surface area contributed by atoms with E-state index in [0.29, 0.717) is 6.54 Å². The van der Waals surface area contributed by atoms with Gasteiger partial charge in [-0.3, -0.25) is 4.79 Å². The van der Waals surface area contributed by atoms with Crippen molar-refractivity contribution in [2.45, 2.75) is 13.8 Å². The first-order valence-corrected chi connectivity index (χ1v) is 7.42. The van der Waals surface area contributed by atoms with Gasteiger partial charge < -0.3 is 4.90 Å². The molecule has 0 aliphatic rings. The number of nitrogens with zero attached hydrogens (tertiary/aromatic N) is 1. The Morgan fingerprint density at radius 3 is 2.67 bits per heavy atom. The summed E-state index contributed by atoms with van der Waals surface area (Å²) >= 11 is 4.92. The van der Waals surface area contributed by atoms with Gasteiger partial charge >= 0.3 is 0 Å². The summed E-state index contributed by atoms with van der Waals surface area (Å²) in [4.78, 5) is 14.3. The molecule has 0 bridgehead atoms. The third kappa shape index (κ3) is 2.65. The molecule has 0 atom stereocenters. The molecule has 2 rings (SSSR count). The lowest BCUT2D eigenvalue weighted by Crippen LogP contribution is -2.30. The summed E-state index contributed by atoms with van der Waals surface area (Å²) in [5.74, 6) is 0.0498. The molecule has 0 unspecified atom stereocenters. The molecule has 0 fully saturated rings. The number of hydrogen-bond acceptors (Lipinski definition) is 2. The minimum atomic E-state index is 0.0498. The molecule has 0 saturated carbocycles. The van der Waals surface area contributed by atoms with Crippen LogP contribution in [0.4, 0.5) is 5.69 Å². The third-order valence-electron chi connectivity index (χ3n) is 2.78. The van der Waals surface area contributed by atoms with Gasteiger partial charge in [-0.15, -0.1) is 11.3 Å². The maximum Gasteiger partial charge on any atom is 0.259 e. The van der Waals surface area contributed by atoms with E-state index >= 15 is 0 Å². The fourth-order valence-electron chi connectivity index (χ4n) is 1.87. The lowest BCUT2D eigenvalue weighted by Gasteiger charge is -2.22. The lowest BCUT2D eigenvalue weighted by atomic mass is 10.1. The molecular weight excluding hydrogens is 310 g/mol. The van der Waals surface area contributed by atoms with E-state index in [-0.39, 0.29) is 5.91 Å². The van der Waals surface area contributed by atoms with Crippen LogP contribution in [0.3, 0.4) is 0 Å².